The first-order valence-corrected chi connectivity index (χ1v) is 9.37. The molecule has 1 aromatic carbocycles. The van der Waals surface area contributed by atoms with Crippen LogP contribution >= 0.6 is 0 Å². The van der Waals surface area contributed by atoms with Gasteiger partial charge in [0.2, 0.25) is 0 Å². The lowest BCUT2D eigenvalue weighted by molar-refractivity contribution is 0.288. The van der Waals surface area contributed by atoms with Gasteiger partial charge in [0.05, 0.1) is 36.4 Å². The number of H-pyrrole nitrogens is 1. The Labute approximate surface area is 144 Å². The van der Waals surface area contributed by atoms with Gasteiger partial charge in [0.1, 0.15) is 0 Å². The summed E-state index contributed by atoms with van der Waals surface area (Å²) in [6.45, 7) is 7.91. The molecule has 4 nitrogen and oxygen atoms in total. The van der Waals surface area contributed by atoms with Crippen LogP contribution in [0.2, 0.25) is 0 Å². The first-order valence-electron chi connectivity index (χ1n) is 9.37. The van der Waals surface area contributed by atoms with E-state index in [2.05, 4.69) is 11.1 Å². The van der Waals surface area contributed by atoms with Gasteiger partial charge in [-0.25, -0.2) is 0 Å². The Bertz CT molecular complexity index is 671. The van der Waals surface area contributed by atoms with Crippen molar-refractivity contribution in [1.29, 1.82) is 0 Å². The lowest BCUT2D eigenvalue weighted by atomic mass is 9.86. The highest BCUT2D eigenvalue weighted by Crippen LogP contribution is 2.47. The second-order valence-corrected chi connectivity index (χ2v) is 6.32. The van der Waals surface area contributed by atoms with Gasteiger partial charge in [-0.1, -0.05) is 19.3 Å². The highest BCUT2D eigenvalue weighted by Gasteiger charge is 2.26. The van der Waals surface area contributed by atoms with Crippen LogP contribution in [0.15, 0.2) is 12.1 Å². The second-order valence-electron chi connectivity index (χ2n) is 6.32. The van der Waals surface area contributed by atoms with E-state index >= 15 is 0 Å². The molecule has 0 bridgehead atoms. The third-order valence-corrected chi connectivity index (χ3v) is 4.75. The molecule has 0 saturated heterocycles. The van der Waals surface area contributed by atoms with Crippen LogP contribution in [0.25, 0.3) is 10.9 Å². The van der Waals surface area contributed by atoms with Gasteiger partial charge >= 0.3 is 0 Å². The van der Waals surface area contributed by atoms with Crippen LogP contribution in [0.5, 0.6) is 17.2 Å². The summed E-state index contributed by atoms with van der Waals surface area (Å²) in [5.41, 5.74) is 2.31. The van der Waals surface area contributed by atoms with Crippen molar-refractivity contribution in [2.24, 2.45) is 0 Å². The van der Waals surface area contributed by atoms with Crippen LogP contribution < -0.4 is 14.2 Å². The van der Waals surface area contributed by atoms with E-state index in [-0.39, 0.29) is 0 Å². The predicted molar refractivity (Wildman–Crippen MR) is 97.6 cm³/mol. The molecule has 0 radical (unpaired) electrons. The van der Waals surface area contributed by atoms with Crippen molar-refractivity contribution >= 4 is 10.9 Å². The van der Waals surface area contributed by atoms with E-state index in [9.17, 15) is 0 Å². The second kappa shape index (κ2) is 7.82. The first kappa shape index (κ1) is 17.0. The molecule has 1 aromatic heterocycles. The van der Waals surface area contributed by atoms with Crippen LogP contribution in [-0.4, -0.2) is 24.8 Å². The van der Waals surface area contributed by atoms with Gasteiger partial charge in [-0.05, 0) is 45.7 Å². The van der Waals surface area contributed by atoms with Crippen molar-refractivity contribution in [2.75, 3.05) is 19.8 Å². The maximum absolute atomic E-state index is 6.10. The Morgan fingerprint density at radius 3 is 2.21 bits per heavy atom. The molecule has 132 valence electrons. The van der Waals surface area contributed by atoms with Gasteiger partial charge in [0.25, 0.3) is 0 Å². The first-order chi connectivity index (χ1) is 11.8. The molecule has 1 heterocycles. The summed E-state index contributed by atoms with van der Waals surface area (Å²) in [5.74, 6) is 3.11. The van der Waals surface area contributed by atoms with Gasteiger partial charge in [-0.15, -0.1) is 0 Å². The van der Waals surface area contributed by atoms with E-state index in [4.69, 9.17) is 14.2 Å². The largest absolute Gasteiger partial charge is 0.491 e. The Kier molecular flexibility index (Phi) is 5.54. The van der Waals surface area contributed by atoms with Crippen LogP contribution in [0.3, 0.4) is 0 Å². The van der Waals surface area contributed by atoms with Gasteiger partial charge < -0.3 is 19.2 Å². The van der Waals surface area contributed by atoms with Crippen molar-refractivity contribution in [3.05, 3.63) is 17.8 Å². The molecule has 1 N–H and O–H groups in total. The zero-order valence-electron chi connectivity index (χ0n) is 15.1. The summed E-state index contributed by atoms with van der Waals surface area (Å²) in [6.07, 6.45) is 6.41. The number of benzene rings is 1. The van der Waals surface area contributed by atoms with E-state index in [1.165, 1.54) is 37.8 Å². The van der Waals surface area contributed by atoms with Gasteiger partial charge in [0.15, 0.2) is 17.2 Å². The SMILES string of the molecule is CCOc1ccc2[nH]c(C3CCCCC3)c(OCC)c2c1OCC. The Hall–Kier alpha value is -1.84. The maximum atomic E-state index is 6.10. The minimum Gasteiger partial charge on any atom is -0.491 e. The molecule has 2 aromatic rings. The molecule has 24 heavy (non-hydrogen) atoms. The number of aromatic nitrogens is 1. The van der Waals surface area contributed by atoms with Crippen LogP contribution in [-0.2, 0) is 0 Å². The van der Waals surface area contributed by atoms with Crippen molar-refractivity contribution in [3.63, 3.8) is 0 Å². The highest BCUT2D eigenvalue weighted by molar-refractivity contribution is 5.95. The lowest BCUT2D eigenvalue weighted by Crippen LogP contribution is -2.07. The average molecular weight is 331 g/mol. The molecule has 0 aliphatic heterocycles. The van der Waals surface area contributed by atoms with Gasteiger partial charge in [-0.2, -0.15) is 0 Å². The maximum Gasteiger partial charge on any atom is 0.174 e. The minimum atomic E-state index is 0.553. The molecule has 4 heteroatoms. The Morgan fingerprint density at radius 2 is 1.54 bits per heavy atom. The number of nitrogens with one attached hydrogen (secondary N) is 1. The molecule has 0 unspecified atom stereocenters. The normalized spacial score (nSPS) is 15.6. The van der Waals surface area contributed by atoms with Gasteiger partial charge in [0, 0.05) is 5.92 Å². The number of rotatable bonds is 7. The van der Waals surface area contributed by atoms with E-state index in [1.54, 1.807) is 0 Å². The van der Waals surface area contributed by atoms with E-state index in [0.717, 1.165) is 28.2 Å². The Balaban J connectivity index is 2.15. The lowest BCUT2D eigenvalue weighted by Gasteiger charge is -2.22. The fourth-order valence-electron chi connectivity index (χ4n) is 3.76. The number of fused-ring (bicyclic) bond motifs is 1. The third kappa shape index (κ3) is 3.19. The molecule has 0 atom stereocenters. The van der Waals surface area contributed by atoms with Crippen molar-refractivity contribution in [2.45, 2.75) is 58.8 Å². The number of hydrogen-bond acceptors (Lipinski definition) is 3. The van der Waals surface area contributed by atoms with Crippen molar-refractivity contribution in [1.82, 2.24) is 4.98 Å². The summed E-state index contributed by atoms with van der Waals surface area (Å²) in [4.78, 5) is 3.63. The fourth-order valence-corrected chi connectivity index (χ4v) is 3.76. The van der Waals surface area contributed by atoms with E-state index < -0.39 is 0 Å². The summed E-state index contributed by atoms with van der Waals surface area (Å²) in [5, 5.41) is 1.03. The zero-order valence-corrected chi connectivity index (χ0v) is 15.1. The molecule has 0 amide bonds. The fraction of sp³-hybridized carbons (Fsp3) is 0.600. The summed E-state index contributed by atoms with van der Waals surface area (Å²) in [7, 11) is 0. The van der Waals surface area contributed by atoms with Crippen LogP contribution in [0.4, 0.5) is 0 Å². The van der Waals surface area contributed by atoms with Crippen LogP contribution in [0, 0.1) is 0 Å². The monoisotopic (exact) mass is 331 g/mol. The van der Waals surface area contributed by atoms with E-state index in [0.29, 0.717) is 25.7 Å². The van der Waals surface area contributed by atoms with Crippen molar-refractivity contribution in [3.8, 4) is 17.2 Å². The Morgan fingerprint density at radius 1 is 0.875 bits per heavy atom. The standard InChI is InChI=1S/C20H29NO3/c1-4-22-16-13-12-15-17(19(16)23-5-2)20(24-6-3)18(21-15)14-10-8-7-9-11-14/h12-14,21H,4-11H2,1-3H3. The minimum absolute atomic E-state index is 0.553. The van der Waals surface area contributed by atoms with Crippen LogP contribution in [0.1, 0.15) is 64.5 Å². The smallest absolute Gasteiger partial charge is 0.174 e. The molecule has 1 aliphatic carbocycles. The number of aromatic amines is 1. The highest BCUT2D eigenvalue weighted by atomic mass is 16.5. The molecule has 0 spiro atoms. The zero-order chi connectivity index (χ0) is 16.9. The molecule has 3 rings (SSSR count). The van der Waals surface area contributed by atoms with Gasteiger partial charge in [-0.3, -0.25) is 0 Å². The summed E-state index contributed by atoms with van der Waals surface area (Å²) in [6, 6.07) is 4.07. The summed E-state index contributed by atoms with van der Waals surface area (Å²) < 4.78 is 17.9. The summed E-state index contributed by atoms with van der Waals surface area (Å²) >= 11 is 0. The molecule has 1 aliphatic rings. The molecule has 1 saturated carbocycles. The number of hydrogen-bond donors (Lipinski definition) is 1. The number of ether oxygens (including phenoxy) is 3. The molecule has 1 fully saturated rings. The van der Waals surface area contributed by atoms with E-state index in [1.807, 2.05) is 26.8 Å². The van der Waals surface area contributed by atoms with Crippen molar-refractivity contribution < 1.29 is 14.2 Å². The molecular formula is C20H29NO3. The molecular weight excluding hydrogens is 302 g/mol. The predicted octanol–water partition coefficient (Wildman–Crippen LogP) is 5.41. The quantitative estimate of drug-likeness (QED) is 0.737. The third-order valence-electron chi connectivity index (χ3n) is 4.75. The topological polar surface area (TPSA) is 43.5 Å². The average Bonchev–Trinajstić information content (AvgIpc) is 2.97.